The lowest BCUT2D eigenvalue weighted by Gasteiger charge is -2.32. The van der Waals surface area contributed by atoms with E-state index in [2.05, 4.69) is 55.5 Å². The molecular weight excluding hydrogens is 350 g/mol. The van der Waals surface area contributed by atoms with E-state index in [0.717, 1.165) is 48.7 Å². The van der Waals surface area contributed by atoms with Gasteiger partial charge in [0, 0.05) is 44.7 Å². The Labute approximate surface area is 165 Å². The lowest BCUT2D eigenvalue weighted by atomic mass is 9.99. The fourth-order valence-corrected chi connectivity index (χ4v) is 3.58. The van der Waals surface area contributed by atoms with Gasteiger partial charge < -0.3 is 15.3 Å². The number of piperidine rings is 1. The molecule has 144 valence electrons. The molecule has 1 aromatic carbocycles. The molecule has 1 fully saturated rings. The molecule has 0 aliphatic carbocycles. The van der Waals surface area contributed by atoms with Gasteiger partial charge in [-0.05, 0) is 41.5 Å². The van der Waals surface area contributed by atoms with Crippen molar-refractivity contribution in [2.45, 2.75) is 19.4 Å². The van der Waals surface area contributed by atoms with Gasteiger partial charge in [0.1, 0.15) is 18.0 Å². The maximum Gasteiger partial charge on any atom is 0.134 e. The Balaban J connectivity index is 1.38. The van der Waals surface area contributed by atoms with Crippen LogP contribution < -0.4 is 10.2 Å². The quantitative estimate of drug-likeness (QED) is 0.688. The fourth-order valence-electron chi connectivity index (χ4n) is 3.58. The molecule has 0 bridgehead atoms. The molecule has 0 radical (unpaired) electrons. The van der Waals surface area contributed by atoms with Crippen molar-refractivity contribution < 1.29 is 5.11 Å². The van der Waals surface area contributed by atoms with Gasteiger partial charge in [-0.2, -0.15) is 0 Å². The van der Waals surface area contributed by atoms with Gasteiger partial charge in [-0.1, -0.05) is 30.3 Å². The van der Waals surface area contributed by atoms with Crippen molar-refractivity contribution in [2.24, 2.45) is 5.92 Å². The maximum absolute atomic E-state index is 9.44. The monoisotopic (exact) mass is 375 g/mol. The Morgan fingerprint density at radius 3 is 2.79 bits per heavy atom. The van der Waals surface area contributed by atoms with Crippen molar-refractivity contribution in [3.63, 3.8) is 0 Å². The highest BCUT2D eigenvalue weighted by Crippen LogP contribution is 2.23. The van der Waals surface area contributed by atoms with Crippen molar-refractivity contribution in [2.75, 3.05) is 29.9 Å². The summed E-state index contributed by atoms with van der Waals surface area (Å²) in [5.41, 5.74) is 3.46. The van der Waals surface area contributed by atoms with Crippen molar-refractivity contribution in [1.29, 1.82) is 0 Å². The number of hydrogen-bond donors (Lipinski definition) is 2. The highest BCUT2D eigenvalue weighted by Gasteiger charge is 2.20. The molecule has 1 saturated heterocycles. The van der Waals surface area contributed by atoms with Crippen molar-refractivity contribution in [3.05, 3.63) is 66.7 Å². The Morgan fingerprint density at radius 2 is 2.00 bits per heavy atom. The Morgan fingerprint density at radius 1 is 1.11 bits per heavy atom. The molecule has 1 atom stereocenters. The zero-order valence-corrected chi connectivity index (χ0v) is 15.8. The van der Waals surface area contributed by atoms with E-state index in [4.69, 9.17) is 0 Å². The summed E-state index contributed by atoms with van der Waals surface area (Å²) in [5, 5.41) is 12.8. The minimum Gasteiger partial charge on any atom is -0.396 e. The van der Waals surface area contributed by atoms with Gasteiger partial charge in [0.05, 0.1) is 0 Å². The van der Waals surface area contributed by atoms with Crippen LogP contribution in [0.4, 0.5) is 11.6 Å². The van der Waals surface area contributed by atoms with Crippen LogP contribution in [0.15, 0.2) is 61.2 Å². The van der Waals surface area contributed by atoms with Crippen LogP contribution in [0, 0.1) is 5.92 Å². The normalized spacial score (nSPS) is 16.8. The van der Waals surface area contributed by atoms with E-state index in [1.807, 2.05) is 18.3 Å². The number of anilines is 2. The maximum atomic E-state index is 9.44. The van der Waals surface area contributed by atoms with Crippen LogP contribution in [-0.4, -0.2) is 39.8 Å². The van der Waals surface area contributed by atoms with Gasteiger partial charge in [-0.25, -0.2) is 9.97 Å². The minimum atomic E-state index is 0.238. The zero-order valence-electron chi connectivity index (χ0n) is 15.8. The molecular formula is C22H25N5O. The van der Waals surface area contributed by atoms with Gasteiger partial charge in [0.15, 0.2) is 0 Å². The van der Waals surface area contributed by atoms with Crippen LogP contribution in [-0.2, 0) is 6.54 Å². The number of aliphatic hydroxyl groups is 1. The molecule has 4 rings (SSSR count). The Hall–Kier alpha value is -2.99. The first-order chi connectivity index (χ1) is 13.8. The van der Waals surface area contributed by atoms with Gasteiger partial charge in [0.2, 0.25) is 0 Å². The second-order valence-electron chi connectivity index (χ2n) is 7.19. The summed E-state index contributed by atoms with van der Waals surface area (Å²) in [6.45, 7) is 2.76. The van der Waals surface area contributed by atoms with Crippen molar-refractivity contribution in [3.8, 4) is 11.1 Å². The lowest BCUT2D eigenvalue weighted by Crippen LogP contribution is -2.37. The molecule has 2 N–H and O–H groups in total. The smallest absolute Gasteiger partial charge is 0.134 e. The van der Waals surface area contributed by atoms with Gasteiger partial charge >= 0.3 is 0 Å². The first-order valence-electron chi connectivity index (χ1n) is 9.73. The van der Waals surface area contributed by atoms with E-state index in [9.17, 15) is 5.11 Å². The van der Waals surface area contributed by atoms with E-state index < -0.39 is 0 Å². The third-order valence-corrected chi connectivity index (χ3v) is 5.18. The predicted molar refractivity (Wildman–Crippen MR) is 111 cm³/mol. The Bertz CT molecular complexity index is 885. The summed E-state index contributed by atoms with van der Waals surface area (Å²) in [7, 11) is 0. The highest BCUT2D eigenvalue weighted by molar-refractivity contribution is 5.62. The number of nitrogens with zero attached hydrogens (tertiary/aromatic N) is 4. The summed E-state index contributed by atoms with van der Waals surface area (Å²) in [6.07, 6.45) is 7.43. The summed E-state index contributed by atoms with van der Waals surface area (Å²) in [5.74, 6) is 2.06. The van der Waals surface area contributed by atoms with E-state index >= 15 is 0 Å². The predicted octanol–water partition coefficient (Wildman–Crippen LogP) is 3.36. The zero-order chi connectivity index (χ0) is 19.2. The molecule has 1 unspecified atom stereocenters. The minimum absolute atomic E-state index is 0.238. The summed E-state index contributed by atoms with van der Waals surface area (Å²) in [6, 6.07) is 14.5. The molecule has 1 aliphatic heterocycles. The molecule has 3 aromatic rings. The molecule has 6 nitrogen and oxygen atoms in total. The van der Waals surface area contributed by atoms with Crippen molar-refractivity contribution >= 4 is 11.6 Å². The Kier molecular flexibility index (Phi) is 5.77. The fraction of sp³-hybridized carbons (Fsp3) is 0.318. The molecule has 1 aliphatic rings. The van der Waals surface area contributed by atoms with Crippen LogP contribution in [0.2, 0.25) is 0 Å². The average molecular weight is 375 g/mol. The second-order valence-corrected chi connectivity index (χ2v) is 7.19. The van der Waals surface area contributed by atoms with E-state index in [1.54, 1.807) is 12.5 Å². The molecule has 0 saturated carbocycles. The van der Waals surface area contributed by atoms with E-state index in [1.165, 1.54) is 5.56 Å². The van der Waals surface area contributed by atoms with Crippen LogP contribution >= 0.6 is 0 Å². The first kappa shape index (κ1) is 18.4. The van der Waals surface area contributed by atoms with Crippen LogP contribution in [0.3, 0.4) is 0 Å². The number of pyridine rings is 1. The first-order valence-corrected chi connectivity index (χ1v) is 9.73. The van der Waals surface area contributed by atoms with Gasteiger partial charge in [-0.15, -0.1) is 0 Å². The van der Waals surface area contributed by atoms with Crippen LogP contribution in [0.1, 0.15) is 18.4 Å². The topological polar surface area (TPSA) is 74.2 Å². The van der Waals surface area contributed by atoms with Crippen LogP contribution in [0.25, 0.3) is 11.1 Å². The molecule has 0 amide bonds. The lowest BCUT2D eigenvalue weighted by molar-refractivity contribution is 0.208. The molecule has 2 aromatic heterocycles. The molecule has 3 heterocycles. The average Bonchev–Trinajstić information content (AvgIpc) is 2.79. The summed E-state index contributed by atoms with van der Waals surface area (Å²) < 4.78 is 0. The van der Waals surface area contributed by atoms with Crippen molar-refractivity contribution in [1.82, 2.24) is 15.0 Å². The number of aromatic nitrogens is 3. The summed E-state index contributed by atoms with van der Waals surface area (Å²) >= 11 is 0. The molecule has 0 spiro atoms. The number of nitrogens with one attached hydrogen (secondary N) is 1. The number of rotatable bonds is 6. The van der Waals surface area contributed by atoms with E-state index in [-0.39, 0.29) is 6.61 Å². The van der Waals surface area contributed by atoms with Gasteiger partial charge in [0.25, 0.3) is 0 Å². The largest absolute Gasteiger partial charge is 0.396 e. The standard InChI is InChI=1S/C22H25N5O/c28-15-18-3-2-10-27(14-18)22-11-21(25-16-26-22)24-12-17-5-7-19(8-6-17)20-4-1-9-23-13-20/h1,4-9,11,13,16,18,28H,2-3,10,12,14-15H2,(H,24,25,26). The third-order valence-electron chi connectivity index (χ3n) is 5.18. The number of benzene rings is 1. The van der Waals surface area contributed by atoms with Gasteiger partial charge in [-0.3, -0.25) is 4.98 Å². The molecule has 6 heteroatoms. The second kappa shape index (κ2) is 8.80. The SMILES string of the molecule is OCC1CCCN(c2cc(NCc3ccc(-c4cccnc4)cc3)ncn2)C1. The number of hydrogen-bond acceptors (Lipinski definition) is 6. The number of aliphatic hydroxyl groups excluding tert-OH is 1. The van der Waals surface area contributed by atoms with E-state index in [0.29, 0.717) is 12.5 Å². The third kappa shape index (κ3) is 4.46. The summed E-state index contributed by atoms with van der Waals surface area (Å²) in [4.78, 5) is 15.2. The highest BCUT2D eigenvalue weighted by atomic mass is 16.3. The van der Waals surface area contributed by atoms with Crippen LogP contribution in [0.5, 0.6) is 0 Å². The molecule has 28 heavy (non-hydrogen) atoms.